The highest BCUT2D eigenvalue weighted by atomic mass is 16.6. The molecule has 4 nitrogen and oxygen atoms in total. The molecule has 0 radical (unpaired) electrons. The first kappa shape index (κ1) is 13.5. The van der Waals surface area contributed by atoms with E-state index in [1.807, 2.05) is 0 Å². The zero-order valence-corrected chi connectivity index (χ0v) is 10.8. The predicted molar refractivity (Wildman–Crippen MR) is 72.5 cm³/mol. The Hall–Kier alpha value is -0.940. The second-order valence-electron chi connectivity index (χ2n) is 4.93. The lowest BCUT2D eigenvalue weighted by Crippen LogP contribution is -2.48. The number of nitrogens with one attached hydrogen (secondary N) is 2. The van der Waals surface area contributed by atoms with Crippen LogP contribution in [-0.4, -0.2) is 13.2 Å². The van der Waals surface area contributed by atoms with Crippen LogP contribution in [0.3, 0.4) is 0 Å². The highest BCUT2D eigenvalue weighted by Crippen LogP contribution is 2.37. The fourth-order valence-corrected chi connectivity index (χ4v) is 2.70. The van der Waals surface area contributed by atoms with E-state index in [0.717, 1.165) is 13.0 Å². The molecule has 0 spiro atoms. The molecule has 1 aromatic rings. The molecule has 0 saturated heterocycles. The van der Waals surface area contributed by atoms with E-state index in [1.165, 1.54) is 31.2 Å². The Labute approximate surface area is 109 Å². The van der Waals surface area contributed by atoms with E-state index in [0.29, 0.717) is 6.61 Å². The molecule has 1 aromatic carbocycles. The van der Waals surface area contributed by atoms with Gasteiger partial charge in [-0.15, -0.1) is 0 Å². The molecule has 0 heterocycles. The van der Waals surface area contributed by atoms with Gasteiger partial charge in [0.1, 0.15) is 0 Å². The molecule has 18 heavy (non-hydrogen) atoms. The standard InChI is InChI=1S/C14H23N3O/c15-18-12-6-11-16-17-14(9-4-5-10-14)13-7-2-1-3-8-13/h1-3,7-8,16-17H,4-6,9-12,15H2. The summed E-state index contributed by atoms with van der Waals surface area (Å²) in [6.07, 6.45) is 5.87. The molecule has 1 fully saturated rings. The first-order chi connectivity index (χ1) is 8.87. The number of hydrogen-bond acceptors (Lipinski definition) is 4. The van der Waals surface area contributed by atoms with Crippen molar-refractivity contribution in [1.82, 2.24) is 10.9 Å². The molecule has 0 aliphatic heterocycles. The maximum atomic E-state index is 5.00. The van der Waals surface area contributed by atoms with Crippen LogP contribution in [0.2, 0.25) is 0 Å². The SMILES string of the molecule is NOCCCNNC1(c2ccccc2)CCCC1. The third-order valence-corrected chi connectivity index (χ3v) is 3.68. The van der Waals surface area contributed by atoms with E-state index < -0.39 is 0 Å². The van der Waals surface area contributed by atoms with E-state index in [4.69, 9.17) is 5.90 Å². The molecule has 1 aliphatic carbocycles. The number of hydrogen-bond donors (Lipinski definition) is 3. The lowest BCUT2D eigenvalue weighted by atomic mass is 9.89. The van der Waals surface area contributed by atoms with Gasteiger partial charge >= 0.3 is 0 Å². The largest absolute Gasteiger partial charge is 0.305 e. The molecule has 100 valence electrons. The summed E-state index contributed by atoms with van der Waals surface area (Å²) in [7, 11) is 0. The predicted octanol–water partition coefficient (Wildman–Crippen LogP) is 1.83. The molecule has 0 amide bonds. The fourth-order valence-electron chi connectivity index (χ4n) is 2.70. The van der Waals surface area contributed by atoms with Gasteiger partial charge in [-0.1, -0.05) is 43.2 Å². The van der Waals surface area contributed by atoms with Crippen molar-refractivity contribution in [3.63, 3.8) is 0 Å². The van der Waals surface area contributed by atoms with Crippen LogP contribution in [-0.2, 0) is 10.4 Å². The summed E-state index contributed by atoms with van der Waals surface area (Å²) >= 11 is 0. The number of nitrogens with two attached hydrogens (primary N) is 1. The Bertz CT molecular complexity index is 336. The Morgan fingerprint density at radius 1 is 1.17 bits per heavy atom. The molecule has 1 saturated carbocycles. The highest BCUT2D eigenvalue weighted by molar-refractivity contribution is 5.25. The first-order valence-corrected chi connectivity index (χ1v) is 6.75. The van der Waals surface area contributed by atoms with Crippen molar-refractivity contribution in [2.24, 2.45) is 5.90 Å². The molecule has 0 unspecified atom stereocenters. The highest BCUT2D eigenvalue weighted by Gasteiger charge is 2.34. The van der Waals surface area contributed by atoms with Crippen molar-refractivity contribution in [2.45, 2.75) is 37.6 Å². The van der Waals surface area contributed by atoms with Crippen LogP contribution in [0.15, 0.2) is 30.3 Å². The topological polar surface area (TPSA) is 59.3 Å². The van der Waals surface area contributed by atoms with Gasteiger partial charge in [-0.3, -0.25) is 5.43 Å². The monoisotopic (exact) mass is 249 g/mol. The lowest BCUT2D eigenvalue weighted by Gasteiger charge is -2.31. The quantitative estimate of drug-likeness (QED) is 0.510. The summed E-state index contributed by atoms with van der Waals surface area (Å²) in [4.78, 5) is 4.56. The summed E-state index contributed by atoms with van der Waals surface area (Å²) in [5.74, 6) is 5.00. The van der Waals surface area contributed by atoms with Gasteiger partial charge in [-0.25, -0.2) is 11.3 Å². The third kappa shape index (κ3) is 3.29. The Balaban J connectivity index is 1.91. The van der Waals surface area contributed by atoms with Gasteiger partial charge in [0.25, 0.3) is 0 Å². The Kier molecular flexibility index (Phi) is 5.13. The molecule has 2 rings (SSSR count). The van der Waals surface area contributed by atoms with Crippen molar-refractivity contribution < 1.29 is 4.84 Å². The molecular weight excluding hydrogens is 226 g/mol. The average molecular weight is 249 g/mol. The van der Waals surface area contributed by atoms with Gasteiger partial charge in [0.2, 0.25) is 0 Å². The molecule has 0 bridgehead atoms. The summed E-state index contributed by atoms with van der Waals surface area (Å²) < 4.78 is 0. The minimum atomic E-state index is 0.102. The minimum Gasteiger partial charge on any atom is -0.305 e. The smallest absolute Gasteiger partial charge is 0.0691 e. The first-order valence-electron chi connectivity index (χ1n) is 6.75. The summed E-state index contributed by atoms with van der Waals surface area (Å²) in [5, 5.41) is 0. The van der Waals surface area contributed by atoms with Crippen LogP contribution < -0.4 is 16.7 Å². The van der Waals surface area contributed by atoms with Gasteiger partial charge in [-0.05, 0) is 24.8 Å². The van der Waals surface area contributed by atoms with Crippen LogP contribution in [0.1, 0.15) is 37.7 Å². The van der Waals surface area contributed by atoms with Gasteiger partial charge in [0.15, 0.2) is 0 Å². The van der Waals surface area contributed by atoms with Crippen LogP contribution >= 0.6 is 0 Å². The third-order valence-electron chi connectivity index (χ3n) is 3.68. The van der Waals surface area contributed by atoms with Crippen LogP contribution in [0, 0.1) is 0 Å². The second kappa shape index (κ2) is 6.85. The number of benzene rings is 1. The zero-order valence-electron chi connectivity index (χ0n) is 10.8. The van der Waals surface area contributed by atoms with Crippen LogP contribution in [0.25, 0.3) is 0 Å². The van der Waals surface area contributed by atoms with Crippen molar-refractivity contribution in [3.05, 3.63) is 35.9 Å². The van der Waals surface area contributed by atoms with E-state index in [2.05, 4.69) is 46.0 Å². The average Bonchev–Trinajstić information content (AvgIpc) is 2.90. The van der Waals surface area contributed by atoms with E-state index in [9.17, 15) is 0 Å². The summed E-state index contributed by atoms with van der Waals surface area (Å²) in [6.45, 7) is 1.46. The van der Waals surface area contributed by atoms with Crippen molar-refractivity contribution in [3.8, 4) is 0 Å². The van der Waals surface area contributed by atoms with Gasteiger partial charge < -0.3 is 4.84 Å². The van der Waals surface area contributed by atoms with E-state index in [-0.39, 0.29) is 5.54 Å². The molecule has 1 aliphatic rings. The fraction of sp³-hybridized carbons (Fsp3) is 0.571. The van der Waals surface area contributed by atoms with Gasteiger partial charge in [-0.2, -0.15) is 0 Å². The number of rotatable bonds is 7. The Morgan fingerprint density at radius 3 is 2.56 bits per heavy atom. The summed E-state index contributed by atoms with van der Waals surface area (Å²) in [6, 6.07) is 10.7. The van der Waals surface area contributed by atoms with Crippen LogP contribution in [0.4, 0.5) is 0 Å². The second-order valence-corrected chi connectivity index (χ2v) is 4.93. The van der Waals surface area contributed by atoms with Crippen molar-refractivity contribution >= 4 is 0 Å². The van der Waals surface area contributed by atoms with E-state index >= 15 is 0 Å². The van der Waals surface area contributed by atoms with Crippen molar-refractivity contribution in [1.29, 1.82) is 0 Å². The maximum Gasteiger partial charge on any atom is 0.0691 e. The van der Waals surface area contributed by atoms with Gasteiger partial charge in [0, 0.05) is 6.54 Å². The summed E-state index contributed by atoms with van der Waals surface area (Å²) in [5.41, 5.74) is 8.32. The zero-order chi connectivity index (χ0) is 12.7. The molecule has 4 heteroatoms. The molecule has 4 N–H and O–H groups in total. The normalized spacial score (nSPS) is 18.1. The van der Waals surface area contributed by atoms with Gasteiger partial charge in [0.05, 0.1) is 12.1 Å². The molecular formula is C14H23N3O. The van der Waals surface area contributed by atoms with Crippen LogP contribution in [0.5, 0.6) is 0 Å². The minimum absolute atomic E-state index is 0.102. The maximum absolute atomic E-state index is 5.00. The number of hydrazine groups is 1. The molecule has 0 aromatic heterocycles. The lowest BCUT2D eigenvalue weighted by molar-refractivity contribution is 0.132. The molecule has 0 atom stereocenters. The van der Waals surface area contributed by atoms with Crippen molar-refractivity contribution in [2.75, 3.05) is 13.2 Å². The Morgan fingerprint density at radius 2 is 1.89 bits per heavy atom. The van der Waals surface area contributed by atoms with E-state index in [1.54, 1.807) is 0 Å².